The molecule has 4 aliphatic rings. The molecule has 0 radical (unpaired) electrons. The highest BCUT2D eigenvalue weighted by Crippen LogP contribution is 2.47. The quantitative estimate of drug-likeness (QED) is 0.0403. The lowest BCUT2D eigenvalue weighted by atomic mass is 9.98. The summed E-state index contributed by atoms with van der Waals surface area (Å²) in [5.41, 5.74) is 0.765. The Balaban J connectivity index is 1.13. The normalized spacial score (nSPS) is 35.2. The molecule has 3 saturated heterocycles. The van der Waals surface area contributed by atoms with Crippen molar-refractivity contribution in [2.24, 2.45) is 0 Å². The fraction of sp³-hybridized carbons (Fsp3) is 0.452. The first kappa shape index (κ1) is 46.7. The van der Waals surface area contributed by atoms with Crippen molar-refractivity contribution < 1.29 is 109 Å². The monoisotopic (exact) mass is 905 g/mol. The SMILES string of the molecule is C[C@@H]1O[C@@H](OC[C@@H]2O[C@@H](OC3=Cc4c(O[C@@H]5O[C@H](COC(=O)/C=C/c6ccc(O)cc6)[C@@H](O)[C@H](O)[C@H]5O)cc(O)cc4[OH+]C3c3ccc(O)c(O)c3)[C@H](O)[C@H](O)[C@H]2O)[C@@H](O)[C@@H](O)[C@H]1O. The number of aliphatic hydroxyl groups excluding tert-OH is 9. The first-order valence-electron chi connectivity index (χ1n) is 19.9. The number of hydrogen-bond donors (Lipinski definition) is 13. The average Bonchev–Trinajstić information content (AvgIpc) is 3.27. The van der Waals surface area contributed by atoms with Crippen LogP contribution >= 0.6 is 0 Å². The lowest BCUT2D eigenvalue weighted by Gasteiger charge is -2.42. The van der Waals surface area contributed by atoms with Crippen molar-refractivity contribution in [2.75, 3.05) is 13.2 Å². The third-order valence-corrected chi connectivity index (χ3v) is 11.0. The molecule has 1 unspecified atom stereocenters. The number of aromatic hydroxyl groups is 5. The van der Waals surface area contributed by atoms with E-state index in [-0.39, 0.29) is 34.1 Å². The lowest BCUT2D eigenvalue weighted by molar-refractivity contribution is -0.325. The summed E-state index contributed by atoms with van der Waals surface area (Å²) in [7, 11) is 0. The van der Waals surface area contributed by atoms with E-state index in [0.29, 0.717) is 5.56 Å². The van der Waals surface area contributed by atoms with Gasteiger partial charge in [-0.1, -0.05) is 12.1 Å². The maximum Gasteiger partial charge on any atom is 0.330 e. The minimum absolute atomic E-state index is 0.0103. The van der Waals surface area contributed by atoms with Crippen LogP contribution in [0.1, 0.15) is 29.7 Å². The van der Waals surface area contributed by atoms with Crippen molar-refractivity contribution in [2.45, 2.75) is 105 Å². The van der Waals surface area contributed by atoms with E-state index in [2.05, 4.69) is 4.74 Å². The van der Waals surface area contributed by atoms with Gasteiger partial charge in [-0.25, -0.2) is 4.79 Å². The minimum Gasteiger partial charge on any atom is -0.571 e. The summed E-state index contributed by atoms with van der Waals surface area (Å²) in [5, 5.41) is 137. The van der Waals surface area contributed by atoms with Crippen LogP contribution in [-0.2, 0) is 33.2 Å². The highest BCUT2D eigenvalue weighted by Gasteiger charge is 2.50. The fourth-order valence-corrected chi connectivity index (χ4v) is 7.28. The zero-order chi connectivity index (χ0) is 46.1. The number of carbonyl (C=O) groups excluding carboxylic acids is 1. The van der Waals surface area contributed by atoms with Gasteiger partial charge in [-0.15, -0.1) is 0 Å². The number of fused-ring (bicyclic) bond motifs is 1. The molecule has 0 saturated carbocycles. The number of ether oxygens (including phenoxy) is 8. The molecule has 22 heteroatoms. The zero-order valence-corrected chi connectivity index (χ0v) is 33.6. The van der Waals surface area contributed by atoms with Crippen LogP contribution in [0, 0.1) is 0 Å². The summed E-state index contributed by atoms with van der Waals surface area (Å²) in [6, 6.07) is 11.9. The minimum atomic E-state index is -1.94. The zero-order valence-electron chi connectivity index (χ0n) is 33.6. The van der Waals surface area contributed by atoms with Crippen LogP contribution in [0.5, 0.6) is 34.5 Å². The highest BCUT2D eigenvalue weighted by atomic mass is 16.7. The highest BCUT2D eigenvalue weighted by molar-refractivity contribution is 5.87. The molecule has 3 aromatic rings. The van der Waals surface area contributed by atoms with E-state index in [4.69, 9.17) is 33.2 Å². The van der Waals surface area contributed by atoms with E-state index in [1.165, 1.54) is 43.3 Å². The smallest absolute Gasteiger partial charge is 0.330 e. The summed E-state index contributed by atoms with van der Waals surface area (Å²) in [6.45, 7) is 0.193. The molecule has 22 nitrogen and oxygen atoms in total. The number of aliphatic hydroxyl groups is 10. The van der Waals surface area contributed by atoms with Crippen molar-refractivity contribution in [3.8, 4) is 34.5 Å². The molecule has 0 amide bonds. The Labute approximate surface area is 362 Å². The Kier molecular flexibility index (Phi) is 14.2. The van der Waals surface area contributed by atoms with E-state index in [1.807, 2.05) is 0 Å². The summed E-state index contributed by atoms with van der Waals surface area (Å²) >= 11 is 0. The molecular formula is C42H49O22+. The van der Waals surface area contributed by atoms with Crippen LogP contribution in [0.15, 0.2) is 66.4 Å². The van der Waals surface area contributed by atoms with Crippen molar-refractivity contribution in [1.29, 1.82) is 0 Å². The van der Waals surface area contributed by atoms with Crippen molar-refractivity contribution in [1.82, 2.24) is 0 Å². The number of esters is 1. The van der Waals surface area contributed by atoms with E-state index >= 15 is 0 Å². The summed E-state index contributed by atoms with van der Waals surface area (Å²) in [5.74, 6) is -2.74. The van der Waals surface area contributed by atoms with E-state index in [9.17, 15) is 71.2 Å². The molecule has 0 aliphatic carbocycles. The van der Waals surface area contributed by atoms with Crippen LogP contribution in [0.2, 0.25) is 0 Å². The Morgan fingerprint density at radius 1 is 0.641 bits per heavy atom. The molecule has 348 valence electrons. The van der Waals surface area contributed by atoms with Gasteiger partial charge >= 0.3 is 5.97 Å². The van der Waals surface area contributed by atoms with Gasteiger partial charge in [0, 0.05) is 18.2 Å². The van der Waals surface area contributed by atoms with Gasteiger partial charge < -0.3 is 104 Å². The van der Waals surface area contributed by atoms with Gasteiger partial charge in [0.1, 0.15) is 96.6 Å². The molecular weight excluding hydrogens is 856 g/mol. The van der Waals surface area contributed by atoms with E-state index in [1.54, 1.807) is 12.1 Å². The maximum absolute atomic E-state index is 12.5. The van der Waals surface area contributed by atoms with Crippen LogP contribution in [0.4, 0.5) is 0 Å². The molecule has 7 rings (SSSR count). The first-order valence-corrected chi connectivity index (χ1v) is 19.9. The maximum atomic E-state index is 12.5. The van der Waals surface area contributed by atoms with Crippen LogP contribution < -0.4 is 4.74 Å². The standard InChI is InChI=1S/C42H48O22/c1-16-30(48)33(51)36(54)40(59-16)58-15-28-32(50)35(53)38(56)42(64-28)62-26-13-21-24(60-39(26)18-5-8-22(45)23(46)10-18)11-20(44)12-25(21)61-41-37(55)34(52)31(49)27(63-41)14-57-29(47)9-4-17-2-6-19(43)7-3-17/h2-13,16,27-28,30-46,48-56H,14-15H2,1H3/p+1/b9-4+/t16-,27+,28-,30-,31+,32-,33-,34-,35+,36-,37+,38+,39?,40+,41+,42+/m0/s1. The molecule has 64 heavy (non-hydrogen) atoms. The van der Waals surface area contributed by atoms with Crippen molar-refractivity contribution in [3.05, 3.63) is 83.1 Å². The summed E-state index contributed by atoms with van der Waals surface area (Å²) in [6.07, 6.45) is -22.5. The Morgan fingerprint density at radius 3 is 1.91 bits per heavy atom. The van der Waals surface area contributed by atoms with Crippen LogP contribution in [-0.4, -0.2) is 182 Å². The Morgan fingerprint density at radius 2 is 1.25 bits per heavy atom. The molecule has 3 fully saturated rings. The van der Waals surface area contributed by atoms with Crippen molar-refractivity contribution >= 4 is 18.1 Å². The van der Waals surface area contributed by atoms with Gasteiger partial charge in [0.15, 0.2) is 23.5 Å². The number of carbonyl (C=O) groups is 1. The molecule has 14 N–H and O–H groups in total. The predicted octanol–water partition coefficient (Wildman–Crippen LogP) is -2.04. The second-order valence-electron chi connectivity index (χ2n) is 15.5. The molecule has 4 aliphatic heterocycles. The second-order valence-corrected chi connectivity index (χ2v) is 15.5. The largest absolute Gasteiger partial charge is 0.571 e. The van der Waals surface area contributed by atoms with E-state index < -0.39 is 135 Å². The molecule has 3 aromatic carbocycles. The third kappa shape index (κ3) is 9.99. The summed E-state index contributed by atoms with van der Waals surface area (Å²) < 4.78 is 44.6. The number of hydrogen-bond acceptors (Lipinski definition) is 21. The fourth-order valence-electron chi connectivity index (χ4n) is 7.28. The predicted molar refractivity (Wildman–Crippen MR) is 212 cm³/mol. The average molecular weight is 906 g/mol. The Bertz CT molecular complexity index is 2160. The summed E-state index contributed by atoms with van der Waals surface area (Å²) in [4.78, 5) is 12.5. The van der Waals surface area contributed by atoms with Gasteiger partial charge in [-0.2, -0.15) is 0 Å². The van der Waals surface area contributed by atoms with Crippen LogP contribution in [0.25, 0.3) is 12.2 Å². The van der Waals surface area contributed by atoms with E-state index in [0.717, 1.165) is 24.3 Å². The molecule has 16 atom stereocenters. The van der Waals surface area contributed by atoms with Gasteiger partial charge in [0.25, 0.3) is 11.9 Å². The molecule has 0 bridgehead atoms. The van der Waals surface area contributed by atoms with Crippen LogP contribution in [0.3, 0.4) is 0 Å². The molecule has 4 heterocycles. The van der Waals surface area contributed by atoms with Gasteiger partial charge in [-0.3, -0.25) is 0 Å². The number of benzene rings is 3. The van der Waals surface area contributed by atoms with Gasteiger partial charge in [0.2, 0.25) is 12.6 Å². The van der Waals surface area contributed by atoms with Crippen molar-refractivity contribution in [3.63, 3.8) is 0 Å². The molecule has 0 aromatic heterocycles. The third-order valence-electron chi connectivity index (χ3n) is 11.0. The van der Waals surface area contributed by atoms with Gasteiger partial charge in [-0.05, 0) is 48.9 Å². The Hall–Kier alpha value is -5.31. The molecule has 0 spiro atoms. The van der Waals surface area contributed by atoms with Gasteiger partial charge in [0.05, 0.1) is 24.3 Å². The lowest BCUT2D eigenvalue weighted by Crippen LogP contribution is -2.61. The second kappa shape index (κ2) is 19.4. The number of phenolic OH excluding ortho intramolecular Hbond substituents is 4. The topological polar surface area (TPSA) is 357 Å². The first-order chi connectivity index (χ1) is 30.4. The number of rotatable bonds is 12. The number of phenols is 4.